The fraction of sp³-hybridized carbons (Fsp3) is 0.286. The second kappa shape index (κ2) is 6.69. The number of imide groups is 1. The van der Waals surface area contributed by atoms with Crippen LogP contribution in [0, 0.1) is 0 Å². The van der Waals surface area contributed by atoms with Crippen molar-refractivity contribution in [2.45, 2.75) is 37.8 Å². The molecule has 2 aromatic carbocycles. The third-order valence-corrected chi connectivity index (χ3v) is 5.39. The summed E-state index contributed by atoms with van der Waals surface area (Å²) in [5.74, 6) is -0.610. The first kappa shape index (κ1) is 17.0. The summed E-state index contributed by atoms with van der Waals surface area (Å²) in [6.07, 6.45) is 4.46. The molecule has 4 rings (SSSR count). The van der Waals surface area contributed by atoms with Gasteiger partial charge in [0.15, 0.2) is 0 Å². The summed E-state index contributed by atoms with van der Waals surface area (Å²) in [5, 5.41) is 0.558. The van der Waals surface area contributed by atoms with Crippen molar-refractivity contribution < 1.29 is 9.59 Å². The maximum atomic E-state index is 13.2. The number of hydrogen-bond donors (Lipinski definition) is 0. The first-order valence-corrected chi connectivity index (χ1v) is 9.28. The molecule has 0 atom stereocenters. The third-order valence-electron chi connectivity index (χ3n) is 5.14. The molecule has 2 aromatic rings. The molecule has 1 heterocycles. The van der Waals surface area contributed by atoms with Crippen LogP contribution in [0.1, 0.15) is 48.0 Å². The van der Waals surface area contributed by atoms with Gasteiger partial charge in [-0.05, 0) is 49.9 Å². The lowest BCUT2D eigenvalue weighted by molar-refractivity contribution is -0.125. The molecule has 1 aliphatic heterocycles. The van der Waals surface area contributed by atoms with E-state index in [9.17, 15) is 9.59 Å². The van der Waals surface area contributed by atoms with Gasteiger partial charge in [0, 0.05) is 16.1 Å². The Balaban J connectivity index is 1.76. The Labute approximate surface area is 157 Å². The summed E-state index contributed by atoms with van der Waals surface area (Å²) in [6, 6.07) is 16.0. The summed E-state index contributed by atoms with van der Waals surface area (Å²) >= 11 is 5.94. The van der Waals surface area contributed by atoms with Crippen LogP contribution in [0.2, 0.25) is 5.02 Å². The molecule has 2 amide bonds. The van der Waals surface area contributed by atoms with Gasteiger partial charge in [0.2, 0.25) is 0 Å². The van der Waals surface area contributed by atoms with Crippen molar-refractivity contribution >= 4 is 29.1 Å². The number of carbonyl (C=O) groups is 2. The molecule has 0 N–H and O–H groups in total. The van der Waals surface area contributed by atoms with Crippen molar-refractivity contribution in [1.29, 1.82) is 0 Å². The summed E-state index contributed by atoms with van der Waals surface area (Å²) in [7, 11) is 0. The Hall–Kier alpha value is -2.46. The highest BCUT2D eigenvalue weighted by molar-refractivity contribution is 6.49. The number of benzene rings is 2. The van der Waals surface area contributed by atoms with E-state index in [2.05, 4.69) is 0 Å². The lowest BCUT2D eigenvalue weighted by Gasteiger charge is -2.37. The van der Waals surface area contributed by atoms with Gasteiger partial charge in [-0.3, -0.25) is 14.6 Å². The molecule has 0 radical (unpaired) electrons. The van der Waals surface area contributed by atoms with Crippen LogP contribution in [0.25, 0.3) is 0 Å². The van der Waals surface area contributed by atoms with Crippen LogP contribution in [-0.4, -0.2) is 28.1 Å². The normalized spacial score (nSPS) is 18.9. The minimum absolute atomic E-state index is 0.303. The summed E-state index contributed by atoms with van der Waals surface area (Å²) in [6.45, 7) is 0. The maximum absolute atomic E-state index is 13.2. The van der Waals surface area contributed by atoms with Crippen molar-refractivity contribution in [1.82, 2.24) is 4.90 Å². The van der Waals surface area contributed by atoms with Crippen molar-refractivity contribution in [2.24, 2.45) is 4.99 Å². The number of hydrogen-bond acceptors (Lipinski definition) is 3. The molecule has 0 bridgehead atoms. The van der Waals surface area contributed by atoms with Gasteiger partial charge in [0.25, 0.3) is 11.8 Å². The molecule has 26 heavy (non-hydrogen) atoms. The van der Waals surface area contributed by atoms with E-state index >= 15 is 0 Å². The van der Waals surface area contributed by atoms with Gasteiger partial charge in [-0.2, -0.15) is 0 Å². The Morgan fingerprint density at radius 1 is 0.962 bits per heavy atom. The van der Waals surface area contributed by atoms with Gasteiger partial charge < -0.3 is 0 Å². The second-order valence-electron chi connectivity index (χ2n) is 6.82. The maximum Gasteiger partial charge on any atom is 0.281 e. The Morgan fingerprint density at radius 3 is 2.27 bits per heavy atom. The molecule has 1 aliphatic carbocycles. The average Bonchev–Trinajstić information content (AvgIpc) is 2.95. The predicted molar refractivity (Wildman–Crippen MR) is 101 cm³/mol. The number of carbonyl (C=O) groups excluding carboxylic acids is 2. The largest absolute Gasteiger partial charge is 0.281 e. The van der Waals surface area contributed by atoms with E-state index in [1.807, 2.05) is 30.3 Å². The number of rotatable bonds is 2. The second-order valence-corrected chi connectivity index (χ2v) is 7.26. The van der Waals surface area contributed by atoms with Crippen LogP contribution in [0.15, 0.2) is 59.6 Å². The highest BCUT2D eigenvalue weighted by Crippen LogP contribution is 2.40. The standard InChI is InChI=1S/C21H19ClN2O2/c22-17-11-9-16(10-12-17)19(25)24-20(26)18(15-7-3-1-4-8-15)23-21(24)13-5-2-6-14-21/h1,3-4,7-12H,2,5-6,13-14H2. The van der Waals surface area contributed by atoms with Gasteiger partial charge in [-0.25, -0.2) is 4.90 Å². The molecular weight excluding hydrogens is 348 g/mol. The summed E-state index contributed by atoms with van der Waals surface area (Å²) in [4.78, 5) is 32.6. The topological polar surface area (TPSA) is 49.7 Å². The molecule has 2 aliphatic rings. The molecule has 1 spiro atoms. The van der Waals surface area contributed by atoms with Crippen LogP contribution >= 0.6 is 11.6 Å². The fourth-order valence-electron chi connectivity index (χ4n) is 3.84. The molecule has 4 nitrogen and oxygen atoms in total. The van der Waals surface area contributed by atoms with E-state index in [1.165, 1.54) is 4.90 Å². The Morgan fingerprint density at radius 2 is 1.62 bits per heavy atom. The molecule has 5 heteroatoms. The van der Waals surface area contributed by atoms with E-state index in [0.29, 0.717) is 29.1 Å². The number of amides is 2. The highest BCUT2D eigenvalue weighted by atomic mass is 35.5. The van der Waals surface area contributed by atoms with Crippen molar-refractivity contribution in [3.63, 3.8) is 0 Å². The molecule has 132 valence electrons. The number of nitrogens with zero attached hydrogens (tertiary/aromatic N) is 2. The average molecular weight is 367 g/mol. The first-order chi connectivity index (χ1) is 12.6. The van der Waals surface area contributed by atoms with Crippen LogP contribution < -0.4 is 0 Å². The fourth-order valence-corrected chi connectivity index (χ4v) is 3.97. The summed E-state index contributed by atoms with van der Waals surface area (Å²) < 4.78 is 0. The van der Waals surface area contributed by atoms with Crippen molar-refractivity contribution in [3.8, 4) is 0 Å². The molecule has 0 saturated heterocycles. The zero-order chi connectivity index (χ0) is 18.1. The van der Waals surface area contributed by atoms with Crippen molar-refractivity contribution in [2.75, 3.05) is 0 Å². The summed E-state index contributed by atoms with van der Waals surface area (Å²) in [5.41, 5.74) is 0.845. The molecule has 0 unspecified atom stereocenters. The van der Waals surface area contributed by atoms with Gasteiger partial charge in [-0.1, -0.05) is 48.4 Å². The van der Waals surface area contributed by atoms with Crippen LogP contribution in [-0.2, 0) is 4.79 Å². The van der Waals surface area contributed by atoms with E-state index in [-0.39, 0.29) is 11.8 Å². The van der Waals surface area contributed by atoms with Crippen LogP contribution in [0.4, 0.5) is 0 Å². The Kier molecular flexibility index (Phi) is 4.37. The molecule has 1 saturated carbocycles. The number of aliphatic imine (C=N–C) groups is 1. The first-order valence-electron chi connectivity index (χ1n) is 8.90. The third kappa shape index (κ3) is 2.84. The van der Waals surface area contributed by atoms with Crippen LogP contribution in [0.3, 0.4) is 0 Å². The van der Waals surface area contributed by atoms with Gasteiger partial charge in [0.05, 0.1) is 0 Å². The smallest absolute Gasteiger partial charge is 0.269 e. The molecule has 1 fully saturated rings. The van der Waals surface area contributed by atoms with E-state index < -0.39 is 5.66 Å². The monoisotopic (exact) mass is 366 g/mol. The SMILES string of the molecule is O=C1C(c2ccccc2)=NC2(CCCCC2)N1C(=O)c1ccc(Cl)cc1. The zero-order valence-corrected chi connectivity index (χ0v) is 15.1. The van der Waals surface area contributed by atoms with E-state index in [1.54, 1.807) is 24.3 Å². The zero-order valence-electron chi connectivity index (χ0n) is 14.3. The van der Waals surface area contributed by atoms with Crippen LogP contribution in [0.5, 0.6) is 0 Å². The number of halogens is 1. The van der Waals surface area contributed by atoms with E-state index in [4.69, 9.17) is 16.6 Å². The van der Waals surface area contributed by atoms with E-state index in [0.717, 1.165) is 24.8 Å². The molecular formula is C21H19ClN2O2. The Bertz CT molecular complexity index is 869. The lowest BCUT2D eigenvalue weighted by atomic mass is 9.88. The minimum atomic E-state index is -0.753. The highest BCUT2D eigenvalue weighted by Gasteiger charge is 2.50. The van der Waals surface area contributed by atoms with Gasteiger partial charge >= 0.3 is 0 Å². The van der Waals surface area contributed by atoms with Gasteiger partial charge in [0.1, 0.15) is 11.4 Å². The van der Waals surface area contributed by atoms with Crippen molar-refractivity contribution in [3.05, 3.63) is 70.7 Å². The quantitative estimate of drug-likeness (QED) is 0.736. The predicted octanol–water partition coefficient (Wildman–Crippen LogP) is 4.47. The lowest BCUT2D eigenvalue weighted by Crippen LogP contribution is -2.51. The van der Waals surface area contributed by atoms with Gasteiger partial charge in [-0.15, -0.1) is 0 Å². The molecule has 0 aromatic heterocycles. The minimum Gasteiger partial charge on any atom is -0.269 e.